The standard InChI is InChI=1S/C37H60N4O10/c1-23(8-9-24(2)42)18-34(48)39-31(15-11-26(4)44)20-36(50)41-33(17-13-28(6)46)22-37(51)40-32(16-12-27(5)45)21-35(49)38-30(19-29(7)47)14-10-25(3)43/h23,30-33H,8-22H2,1-7H3,(H,38,49)(H,39,48)(H,40,51)(H,41,50). The molecule has 0 radical (unpaired) electrons. The van der Waals surface area contributed by atoms with E-state index in [0.717, 1.165) is 0 Å². The van der Waals surface area contributed by atoms with Crippen molar-refractivity contribution in [3.8, 4) is 0 Å². The van der Waals surface area contributed by atoms with Crippen molar-refractivity contribution in [3.63, 3.8) is 0 Å². The predicted molar refractivity (Wildman–Crippen MR) is 190 cm³/mol. The van der Waals surface area contributed by atoms with Crippen LogP contribution in [0, 0.1) is 5.92 Å². The lowest BCUT2D eigenvalue weighted by molar-refractivity contribution is -0.127. The van der Waals surface area contributed by atoms with E-state index in [-0.39, 0.29) is 130 Å². The zero-order chi connectivity index (χ0) is 39.1. The molecule has 0 spiro atoms. The van der Waals surface area contributed by atoms with Gasteiger partial charge in [0.05, 0.1) is 0 Å². The van der Waals surface area contributed by atoms with Gasteiger partial charge < -0.3 is 45.2 Å². The lowest BCUT2D eigenvalue weighted by Crippen LogP contribution is -2.46. The molecule has 4 amide bonds. The summed E-state index contributed by atoms with van der Waals surface area (Å²) >= 11 is 0. The van der Waals surface area contributed by atoms with Gasteiger partial charge in [-0.1, -0.05) is 6.92 Å². The molecule has 14 heteroatoms. The Balaban J connectivity index is 5.66. The molecule has 0 saturated heterocycles. The van der Waals surface area contributed by atoms with Gasteiger partial charge in [-0.3, -0.25) is 24.0 Å². The minimum absolute atomic E-state index is 0.0279. The first kappa shape index (κ1) is 46.9. The van der Waals surface area contributed by atoms with E-state index in [1.807, 2.05) is 6.92 Å². The van der Waals surface area contributed by atoms with Crippen molar-refractivity contribution in [1.29, 1.82) is 0 Å². The number of nitrogens with one attached hydrogen (secondary N) is 4. The van der Waals surface area contributed by atoms with Crippen LogP contribution in [0.4, 0.5) is 0 Å². The molecule has 14 nitrogen and oxygen atoms in total. The van der Waals surface area contributed by atoms with Gasteiger partial charge in [-0.15, -0.1) is 0 Å². The summed E-state index contributed by atoms with van der Waals surface area (Å²) in [7, 11) is 0. The molecule has 51 heavy (non-hydrogen) atoms. The van der Waals surface area contributed by atoms with Crippen LogP contribution in [0.25, 0.3) is 0 Å². The molecule has 5 unspecified atom stereocenters. The highest BCUT2D eigenvalue weighted by Crippen LogP contribution is 2.13. The van der Waals surface area contributed by atoms with Crippen LogP contribution in [-0.2, 0) is 47.9 Å². The van der Waals surface area contributed by atoms with E-state index in [2.05, 4.69) is 21.3 Å². The summed E-state index contributed by atoms with van der Waals surface area (Å²) in [5.41, 5.74) is 0. The fourth-order valence-electron chi connectivity index (χ4n) is 5.44. The average molecular weight is 721 g/mol. The molecule has 0 aliphatic rings. The largest absolute Gasteiger partial charge is 0.353 e. The second-order valence-electron chi connectivity index (χ2n) is 14.1. The number of carbonyl (C=O) groups excluding carboxylic acids is 10. The molecule has 0 aliphatic carbocycles. The van der Waals surface area contributed by atoms with Gasteiger partial charge in [-0.05, 0) is 79.6 Å². The molecular formula is C37H60N4O10. The minimum atomic E-state index is -0.772. The number of carbonyl (C=O) groups is 10. The highest BCUT2D eigenvalue weighted by Gasteiger charge is 2.25. The van der Waals surface area contributed by atoms with Crippen LogP contribution in [-0.4, -0.2) is 82.5 Å². The maximum absolute atomic E-state index is 13.2. The number of Topliss-reactive ketones (excluding diaryl/α,β-unsaturated/α-hetero) is 6. The topological polar surface area (TPSA) is 219 Å². The van der Waals surface area contributed by atoms with E-state index in [0.29, 0.717) is 12.8 Å². The zero-order valence-corrected chi connectivity index (χ0v) is 31.6. The summed E-state index contributed by atoms with van der Waals surface area (Å²) in [6.45, 7) is 10.3. The molecule has 0 rings (SSSR count). The number of rotatable bonds is 29. The van der Waals surface area contributed by atoms with Gasteiger partial charge in [0.25, 0.3) is 0 Å². The van der Waals surface area contributed by atoms with E-state index in [1.54, 1.807) is 0 Å². The van der Waals surface area contributed by atoms with Gasteiger partial charge in [-0.2, -0.15) is 0 Å². The van der Waals surface area contributed by atoms with Crippen LogP contribution in [0.1, 0.15) is 145 Å². The maximum atomic E-state index is 13.2. The summed E-state index contributed by atoms with van der Waals surface area (Å²) in [6.07, 6.45) is 1.78. The second kappa shape index (κ2) is 25.8. The summed E-state index contributed by atoms with van der Waals surface area (Å²) in [4.78, 5) is 122. The SMILES string of the molecule is CC(=O)CCC(C)CC(=O)NC(CCC(C)=O)CC(=O)NC(CCC(C)=O)CC(=O)NC(CCC(C)=O)CC(=O)NC(CCC(C)=O)CC(C)=O. The Morgan fingerprint density at radius 2 is 0.569 bits per heavy atom. The van der Waals surface area contributed by atoms with Crippen LogP contribution in [0.2, 0.25) is 0 Å². The maximum Gasteiger partial charge on any atom is 0.222 e. The second-order valence-corrected chi connectivity index (χ2v) is 14.1. The number of amides is 4. The third-order valence-corrected chi connectivity index (χ3v) is 8.19. The monoisotopic (exact) mass is 720 g/mol. The molecule has 0 heterocycles. The predicted octanol–water partition coefficient (Wildman–Crippen LogP) is 2.95. The molecule has 0 fully saturated rings. The van der Waals surface area contributed by atoms with Gasteiger partial charge in [-0.25, -0.2) is 0 Å². The van der Waals surface area contributed by atoms with E-state index in [4.69, 9.17) is 0 Å². The first-order valence-electron chi connectivity index (χ1n) is 17.9. The third kappa shape index (κ3) is 27.3. The Labute approximate surface area is 302 Å². The van der Waals surface area contributed by atoms with E-state index >= 15 is 0 Å². The van der Waals surface area contributed by atoms with Gasteiger partial charge in [0.15, 0.2) is 0 Å². The first-order chi connectivity index (χ1) is 23.7. The van der Waals surface area contributed by atoms with Crippen LogP contribution in [0.15, 0.2) is 0 Å². The Morgan fingerprint density at radius 1 is 0.333 bits per heavy atom. The van der Waals surface area contributed by atoms with Gasteiger partial charge in [0, 0.05) is 88.4 Å². The summed E-state index contributed by atoms with van der Waals surface area (Å²) in [5, 5.41) is 11.1. The smallest absolute Gasteiger partial charge is 0.222 e. The molecule has 4 N–H and O–H groups in total. The first-order valence-corrected chi connectivity index (χ1v) is 17.9. The summed E-state index contributed by atoms with van der Waals surface area (Å²) in [6, 6.07) is -2.75. The Hall–Kier alpha value is -4.10. The molecule has 5 atom stereocenters. The average Bonchev–Trinajstić information content (AvgIpc) is 2.98. The number of ketones is 6. The quantitative estimate of drug-likeness (QED) is 0.0885. The van der Waals surface area contributed by atoms with Crippen LogP contribution in [0.5, 0.6) is 0 Å². The Morgan fingerprint density at radius 3 is 0.824 bits per heavy atom. The molecule has 0 aromatic rings. The fourth-order valence-corrected chi connectivity index (χ4v) is 5.44. The van der Waals surface area contributed by atoms with Crippen molar-refractivity contribution in [2.45, 2.75) is 169 Å². The van der Waals surface area contributed by atoms with Crippen molar-refractivity contribution in [2.24, 2.45) is 5.92 Å². The molecule has 0 saturated carbocycles. The van der Waals surface area contributed by atoms with Crippen molar-refractivity contribution in [3.05, 3.63) is 0 Å². The van der Waals surface area contributed by atoms with Crippen LogP contribution < -0.4 is 21.3 Å². The fraction of sp³-hybridized carbons (Fsp3) is 0.730. The van der Waals surface area contributed by atoms with Gasteiger partial charge in [0.2, 0.25) is 23.6 Å². The normalized spacial score (nSPS) is 13.8. The summed E-state index contributed by atoms with van der Waals surface area (Å²) < 4.78 is 0. The van der Waals surface area contributed by atoms with E-state index in [9.17, 15) is 47.9 Å². The van der Waals surface area contributed by atoms with Crippen molar-refractivity contribution < 1.29 is 47.9 Å². The van der Waals surface area contributed by atoms with E-state index in [1.165, 1.54) is 41.5 Å². The van der Waals surface area contributed by atoms with Crippen LogP contribution >= 0.6 is 0 Å². The summed E-state index contributed by atoms with van der Waals surface area (Å²) in [5.74, 6) is -2.49. The Bertz CT molecular complexity index is 1250. The van der Waals surface area contributed by atoms with Crippen molar-refractivity contribution >= 4 is 58.3 Å². The zero-order valence-electron chi connectivity index (χ0n) is 31.6. The number of hydrogen-bond acceptors (Lipinski definition) is 10. The Kier molecular flexibility index (Phi) is 23.7. The van der Waals surface area contributed by atoms with Crippen molar-refractivity contribution in [2.75, 3.05) is 0 Å². The van der Waals surface area contributed by atoms with Gasteiger partial charge in [0.1, 0.15) is 34.7 Å². The molecule has 288 valence electrons. The van der Waals surface area contributed by atoms with Gasteiger partial charge >= 0.3 is 0 Å². The highest BCUT2D eigenvalue weighted by atomic mass is 16.2. The minimum Gasteiger partial charge on any atom is -0.353 e. The molecular weight excluding hydrogens is 660 g/mol. The molecule has 0 aromatic carbocycles. The highest BCUT2D eigenvalue weighted by molar-refractivity contribution is 5.84. The lowest BCUT2D eigenvalue weighted by atomic mass is 9.99. The molecule has 0 aromatic heterocycles. The molecule has 0 bridgehead atoms. The lowest BCUT2D eigenvalue weighted by Gasteiger charge is -2.24. The third-order valence-electron chi connectivity index (χ3n) is 8.19. The van der Waals surface area contributed by atoms with Crippen molar-refractivity contribution in [1.82, 2.24) is 21.3 Å². The van der Waals surface area contributed by atoms with Crippen LogP contribution in [0.3, 0.4) is 0 Å². The number of hydrogen-bond donors (Lipinski definition) is 4. The van der Waals surface area contributed by atoms with E-state index < -0.39 is 41.9 Å². The molecule has 0 aliphatic heterocycles.